The summed E-state index contributed by atoms with van der Waals surface area (Å²) in [4.78, 5) is 29.1. The summed E-state index contributed by atoms with van der Waals surface area (Å²) in [5, 5.41) is 22.6. The van der Waals surface area contributed by atoms with E-state index in [0.29, 0.717) is 23.2 Å². The molecule has 226 valence electrons. The summed E-state index contributed by atoms with van der Waals surface area (Å²) in [5.41, 5.74) is 3.51. The Morgan fingerprint density at radius 1 is 0.977 bits per heavy atom. The van der Waals surface area contributed by atoms with Crippen LogP contribution in [0, 0.1) is 5.92 Å². The number of fused-ring (bicyclic) bond motifs is 3. The molecular weight excluding hydrogens is 544 g/mol. The second-order valence-electron chi connectivity index (χ2n) is 12.3. The number of likely N-dealkylation sites (tertiary alicyclic amines) is 1. The summed E-state index contributed by atoms with van der Waals surface area (Å²) in [5.74, 6) is 2.27. The molecule has 11 nitrogen and oxygen atoms in total. The third-order valence-corrected chi connectivity index (χ3v) is 9.89. The Balaban J connectivity index is 0.979. The molecule has 0 bridgehead atoms. The molecule has 3 aromatic rings. The van der Waals surface area contributed by atoms with Crippen molar-refractivity contribution in [3.8, 4) is 17.0 Å². The fourth-order valence-corrected chi connectivity index (χ4v) is 7.44. The quantitative estimate of drug-likeness (QED) is 0.428. The van der Waals surface area contributed by atoms with Crippen LogP contribution < -0.4 is 15.1 Å². The Bertz CT molecular complexity index is 1450. The zero-order valence-electron chi connectivity index (χ0n) is 24.7. The van der Waals surface area contributed by atoms with Crippen LogP contribution in [0.2, 0.25) is 0 Å². The number of nitrogens with zero attached hydrogens (tertiary/aromatic N) is 7. The smallest absolute Gasteiger partial charge is 0.308 e. The predicted molar refractivity (Wildman–Crippen MR) is 164 cm³/mol. The number of phenolic OH excluding ortho intramolecular Hbond substituents is 1. The molecule has 3 fully saturated rings. The van der Waals surface area contributed by atoms with Crippen LogP contribution in [-0.4, -0.2) is 94.6 Å². The highest BCUT2D eigenvalue weighted by molar-refractivity contribution is 5.76. The van der Waals surface area contributed by atoms with Gasteiger partial charge in [0.1, 0.15) is 5.75 Å². The van der Waals surface area contributed by atoms with Crippen molar-refractivity contribution in [3.63, 3.8) is 0 Å². The Labute approximate surface area is 252 Å². The summed E-state index contributed by atoms with van der Waals surface area (Å²) >= 11 is 0. The number of carbonyl (C=O) groups is 1. The van der Waals surface area contributed by atoms with Crippen molar-refractivity contribution in [1.82, 2.24) is 25.1 Å². The molecule has 43 heavy (non-hydrogen) atoms. The van der Waals surface area contributed by atoms with Gasteiger partial charge in [0, 0.05) is 55.6 Å². The summed E-state index contributed by atoms with van der Waals surface area (Å²) < 4.78 is 4.96. The largest absolute Gasteiger partial charge is 0.507 e. The molecule has 1 atom stereocenters. The van der Waals surface area contributed by atoms with Crippen molar-refractivity contribution in [1.29, 1.82) is 0 Å². The Hall–Kier alpha value is -3.99. The third-order valence-electron chi connectivity index (χ3n) is 9.89. The van der Waals surface area contributed by atoms with Crippen LogP contribution in [0.4, 0.5) is 17.5 Å². The summed E-state index contributed by atoms with van der Waals surface area (Å²) in [6, 6.07) is 12.2. The van der Waals surface area contributed by atoms with Crippen LogP contribution >= 0.6 is 0 Å². The number of aromatic hydroxyl groups is 1. The molecule has 0 spiro atoms. The average Bonchev–Trinajstić information content (AvgIpc) is 3.08. The number of hydrogen-bond donors (Lipinski definition) is 2. The molecule has 2 N–H and O–H groups in total. The zero-order valence-corrected chi connectivity index (χ0v) is 24.7. The minimum Gasteiger partial charge on any atom is -0.507 e. The van der Waals surface area contributed by atoms with Crippen LogP contribution in [0.3, 0.4) is 0 Å². The maximum Gasteiger partial charge on any atom is 0.308 e. The first-order chi connectivity index (χ1) is 21.1. The second-order valence-corrected chi connectivity index (χ2v) is 12.3. The number of nitrogens with one attached hydrogen (secondary N) is 1. The molecular formula is C32H40N8O3. The van der Waals surface area contributed by atoms with E-state index in [-0.39, 0.29) is 23.7 Å². The molecule has 2 aromatic heterocycles. The summed E-state index contributed by atoms with van der Waals surface area (Å²) in [7, 11) is 1.49. The lowest BCUT2D eigenvalue weighted by molar-refractivity contribution is -0.147. The van der Waals surface area contributed by atoms with E-state index in [0.717, 1.165) is 101 Å². The standard InChI is InChI=1S/C32H40N8O3/c1-43-31(42)22-6-8-23(9-7-22)38-14-11-21(12-15-38)26-10-13-33-32(35-26)39-16-17-40-24(20-39)19-34-30-28(40)18-27(36-37-30)25-4-2-3-5-29(25)41/h2-5,10,13,18,21-24,41H,6-9,11-12,14-17,19-20H2,1H3,(H,34,37)/t22?,23?,24-/m0/s1. The number of piperazine rings is 1. The van der Waals surface area contributed by atoms with Gasteiger partial charge in [0.05, 0.1) is 30.5 Å². The van der Waals surface area contributed by atoms with Gasteiger partial charge < -0.3 is 29.9 Å². The molecule has 7 rings (SSSR count). The Morgan fingerprint density at radius 3 is 2.58 bits per heavy atom. The van der Waals surface area contributed by atoms with E-state index in [2.05, 4.69) is 36.3 Å². The maximum absolute atomic E-state index is 11.9. The minimum atomic E-state index is -0.0460. The Kier molecular flexibility index (Phi) is 7.73. The maximum atomic E-state index is 11.9. The van der Waals surface area contributed by atoms with Gasteiger partial charge in [0.2, 0.25) is 5.95 Å². The van der Waals surface area contributed by atoms with Gasteiger partial charge in [-0.05, 0) is 75.9 Å². The molecule has 3 aliphatic heterocycles. The number of rotatable bonds is 5. The second kappa shape index (κ2) is 11.9. The van der Waals surface area contributed by atoms with E-state index in [9.17, 15) is 9.90 Å². The number of anilines is 3. The highest BCUT2D eigenvalue weighted by Gasteiger charge is 2.35. The van der Waals surface area contributed by atoms with Gasteiger partial charge in [0.25, 0.3) is 0 Å². The monoisotopic (exact) mass is 584 g/mol. The molecule has 5 heterocycles. The van der Waals surface area contributed by atoms with Crippen LogP contribution in [0.5, 0.6) is 5.75 Å². The van der Waals surface area contributed by atoms with Gasteiger partial charge in [0.15, 0.2) is 5.82 Å². The predicted octanol–water partition coefficient (Wildman–Crippen LogP) is 3.67. The van der Waals surface area contributed by atoms with Gasteiger partial charge in [-0.3, -0.25) is 4.79 Å². The molecule has 0 unspecified atom stereocenters. The number of piperidine rings is 1. The first-order valence-corrected chi connectivity index (χ1v) is 15.6. The Morgan fingerprint density at radius 2 is 1.79 bits per heavy atom. The van der Waals surface area contributed by atoms with Gasteiger partial charge in [-0.15, -0.1) is 10.2 Å². The van der Waals surface area contributed by atoms with Crippen molar-refractivity contribution >= 4 is 23.4 Å². The topological polar surface area (TPSA) is 120 Å². The van der Waals surface area contributed by atoms with E-state index < -0.39 is 0 Å². The normalized spacial score (nSPS) is 24.5. The number of esters is 1. The third kappa shape index (κ3) is 5.58. The number of aromatic nitrogens is 4. The lowest BCUT2D eigenvalue weighted by atomic mass is 9.83. The average molecular weight is 585 g/mol. The van der Waals surface area contributed by atoms with Crippen molar-refractivity contribution in [2.75, 3.05) is 61.5 Å². The molecule has 11 heteroatoms. The van der Waals surface area contributed by atoms with Gasteiger partial charge in [-0.2, -0.15) is 0 Å². The first-order valence-electron chi connectivity index (χ1n) is 15.6. The van der Waals surface area contributed by atoms with Crippen LogP contribution in [0.15, 0.2) is 42.6 Å². The van der Waals surface area contributed by atoms with E-state index in [1.807, 2.05) is 30.5 Å². The minimum absolute atomic E-state index is 0.0460. The summed E-state index contributed by atoms with van der Waals surface area (Å²) in [6.07, 6.45) is 8.16. The molecule has 1 saturated carbocycles. The molecule has 1 aromatic carbocycles. The van der Waals surface area contributed by atoms with Gasteiger partial charge in [-0.1, -0.05) is 12.1 Å². The number of benzene rings is 1. The molecule has 0 amide bonds. The molecule has 0 radical (unpaired) electrons. The van der Waals surface area contributed by atoms with Crippen LogP contribution in [-0.2, 0) is 9.53 Å². The van der Waals surface area contributed by atoms with Crippen LogP contribution in [0.1, 0.15) is 50.1 Å². The van der Waals surface area contributed by atoms with Crippen LogP contribution in [0.25, 0.3) is 11.3 Å². The number of carbonyl (C=O) groups excluding carboxylic acids is 1. The molecule has 1 aliphatic carbocycles. The fourth-order valence-electron chi connectivity index (χ4n) is 7.44. The highest BCUT2D eigenvalue weighted by atomic mass is 16.5. The number of hydrogen-bond acceptors (Lipinski definition) is 11. The van der Waals surface area contributed by atoms with E-state index in [1.54, 1.807) is 6.07 Å². The SMILES string of the molecule is COC(=O)C1CCC(N2CCC(c3ccnc(N4CCN5c6cc(-c7ccccc7O)nnc6NC[C@H]5C4)n3)CC2)CC1. The highest BCUT2D eigenvalue weighted by Crippen LogP contribution is 2.37. The first kappa shape index (κ1) is 27.8. The van der Waals surface area contributed by atoms with Gasteiger partial charge >= 0.3 is 5.97 Å². The number of para-hydroxylation sites is 1. The van der Waals surface area contributed by atoms with Crippen molar-refractivity contribution in [3.05, 3.63) is 48.3 Å². The number of ether oxygens (including phenoxy) is 1. The molecule has 2 saturated heterocycles. The lowest BCUT2D eigenvalue weighted by Crippen LogP contribution is -2.58. The van der Waals surface area contributed by atoms with E-state index >= 15 is 0 Å². The fraction of sp³-hybridized carbons (Fsp3) is 0.531. The number of phenols is 1. The van der Waals surface area contributed by atoms with Crippen molar-refractivity contribution in [2.24, 2.45) is 5.92 Å². The van der Waals surface area contributed by atoms with E-state index in [1.165, 1.54) is 7.11 Å². The zero-order chi connectivity index (χ0) is 29.3. The molecule has 4 aliphatic rings. The van der Waals surface area contributed by atoms with Crippen molar-refractivity contribution < 1.29 is 14.6 Å². The van der Waals surface area contributed by atoms with Gasteiger partial charge in [-0.25, -0.2) is 9.97 Å². The number of methoxy groups -OCH3 is 1. The summed E-state index contributed by atoms with van der Waals surface area (Å²) in [6.45, 7) is 5.39. The lowest BCUT2D eigenvalue weighted by Gasteiger charge is -2.45. The van der Waals surface area contributed by atoms with E-state index in [4.69, 9.17) is 14.7 Å². The van der Waals surface area contributed by atoms with Crippen molar-refractivity contribution in [2.45, 2.75) is 56.5 Å².